The number of anilines is 1. The SMILES string of the molecule is Cc1cc(C)c(C(=O)N2CCC(c3ccc(C#N)cc3)CC2)cc1NS(=O)(=O)Cc1ccccc1. The molecule has 1 fully saturated rings. The molecule has 1 amide bonds. The Balaban J connectivity index is 1.46. The smallest absolute Gasteiger partial charge is 0.254 e. The van der Waals surface area contributed by atoms with Crippen LogP contribution in [0.3, 0.4) is 0 Å². The fourth-order valence-electron chi connectivity index (χ4n) is 4.61. The number of nitrogens with one attached hydrogen (secondary N) is 1. The summed E-state index contributed by atoms with van der Waals surface area (Å²) in [6.45, 7) is 4.98. The van der Waals surface area contributed by atoms with E-state index in [1.54, 1.807) is 18.2 Å². The van der Waals surface area contributed by atoms with E-state index >= 15 is 0 Å². The highest BCUT2D eigenvalue weighted by Gasteiger charge is 2.26. The fourth-order valence-corrected chi connectivity index (χ4v) is 5.86. The van der Waals surface area contributed by atoms with Gasteiger partial charge < -0.3 is 4.90 Å². The molecule has 0 atom stereocenters. The highest BCUT2D eigenvalue weighted by molar-refractivity contribution is 7.91. The summed E-state index contributed by atoms with van der Waals surface area (Å²) in [7, 11) is -3.63. The molecule has 0 radical (unpaired) electrons. The van der Waals surface area contributed by atoms with Crippen molar-refractivity contribution in [1.29, 1.82) is 5.26 Å². The normalized spacial score (nSPS) is 14.4. The first-order valence-electron chi connectivity index (χ1n) is 11.7. The monoisotopic (exact) mass is 487 g/mol. The molecule has 0 saturated carbocycles. The maximum absolute atomic E-state index is 13.4. The van der Waals surface area contributed by atoms with Crippen LogP contribution in [0, 0.1) is 25.2 Å². The van der Waals surface area contributed by atoms with Gasteiger partial charge in [-0.2, -0.15) is 5.26 Å². The lowest BCUT2D eigenvalue weighted by molar-refractivity contribution is 0.0712. The molecule has 0 unspecified atom stereocenters. The van der Waals surface area contributed by atoms with Crippen molar-refractivity contribution in [2.75, 3.05) is 17.8 Å². The number of aryl methyl sites for hydroxylation is 2. The number of amides is 1. The van der Waals surface area contributed by atoms with Crippen molar-refractivity contribution in [3.63, 3.8) is 0 Å². The minimum Gasteiger partial charge on any atom is -0.339 e. The molecule has 35 heavy (non-hydrogen) atoms. The molecule has 180 valence electrons. The predicted molar refractivity (Wildman–Crippen MR) is 138 cm³/mol. The van der Waals surface area contributed by atoms with Gasteiger partial charge in [0.25, 0.3) is 5.91 Å². The number of rotatable bonds is 6. The molecule has 1 heterocycles. The minimum atomic E-state index is -3.63. The van der Waals surface area contributed by atoms with Gasteiger partial charge in [0.2, 0.25) is 10.0 Å². The predicted octanol–water partition coefficient (Wildman–Crippen LogP) is 5.14. The largest absolute Gasteiger partial charge is 0.339 e. The number of likely N-dealkylation sites (tertiary alicyclic amines) is 1. The van der Waals surface area contributed by atoms with Crippen LogP contribution < -0.4 is 4.72 Å². The van der Waals surface area contributed by atoms with Crippen molar-refractivity contribution in [1.82, 2.24) is 4.90 Å². The van der Waals surface area contributed by atoms with E-state index in [9.17, 15) is 13.2 Å². The van der Waals surface area contributed by atoms with Gasteiger partial charge in [0.1, 0.15) is 0 Å². The maximum atomic E-state index is 13.4. The van der Waals surface area contributed by atoms with Gasteiger partial charge in [-0.05, 0) is 73.1 Å². The third-order valence-corrected chi connectivity index (χ3v) is 7.80. The van der Waals surface area contributed by atoms with Gasteiger partial charge in [-0.3, -0.25) is 9.52 Å². The molecule has 4 rings (SSSR count). The molecule has 0 bridgehead atoms. The van der Waals surface area contributed by atoms with Crippen molar-refractivity contribution in [2.24, 2.45) is 0 Å². The third kappa shape index (κ3) is 5.90. The van der Waals surface area contributed by atoms with Crippen LogP contribution in [0.25, 0.3) is 0 Å². The van der Waals surface area contributed by atoms with Gasteiger partial charge in [-0.1, -0.05) is 48.5 Å². The van der Waals surface area contributed by atoms with Crippen LogP contribution in [0.1, 0.15) is 56.9 Å². The van der Waals surface area contributed by atoms with Crippen LogP contribution in [0.5, 0.6) is 0 Å². The first-order chi connectivity index (χ1) is 16.8. The number of benzene rings is 3. The number of hydrogen-bond acceptors (Lipinski definition) is 4. The summed E-state index contributed by atoms with van der Waals surface area (Å²) in [5.74, 6) is 0.142. The Hall–Kier alpha value is -3.63. The zero-order chi connectivity index (χ0) is 25.0. The van der Waals surface area contributed by atoms with E-state index in [-0.39, 0.29) is 11.7 Å². The van der Waals surface area contributed by atoms with E-state index in [0.29, 0.717) is 41.4 Å². The standard InChI is InChI=1S/C28H29N3O3S/c1-20-16-21(2)27(30-35(33,34)19-23-6-4-3-5-7-23)17-26(20)28(32)31-14-12-25(13-15-31)24-10-8-22(18-29)9-11-24/h3-11,16-17,25,30H,12-15,19H2,1-2H3. The van der Waals surface area contributed by atoms with Crippen LogP contribution in [-0.4, -0.2) is 32.3 Å². The Kier molecular flexibility index (Phi) is 7.23. The number of hydrogen-bond donors (Lipinski definition) is 1. The lowest BCUT2D eigenvalue weighted by atomic mass is 9.88. The number of carbonyl (C=O) groups excluding carboxylic acids is 1. The lowest BCUT2D eigenvalue weighted by Gasteiger charge is -2.33. The van der Waals surface area contributed by atoms with E-state index in [4.69, 9.17) is 5.26 Å². The number of piperidine rings is 1. The highest BCUT2D eigenvalue weighted by Crippen LogP contribution is 2.30. The van der Waals surface area contributed by atoms with Crippen molar-refractivity contribution in [2.45, 2.75) is 38.4 Å². The molecular formula is C28H29N3O3S. The van der Waals surface area contributed by atoms with Crippen molar-refractivity contribution >= 4 is 21.6 Å². The second kappa shape index (κ2) is 10.3. The van der Waals surface area contributed by atoms with Crippen molar-refractivity contribution in [3.8, 4) is 6.07 Å². The average Bonchev–Trinajstić information content (AvgIpc) is 2.86. The van der Waals surface area contributed by atoms with Gasteiger partial charge in [0.15, 0.2) is 0 Å². The topological polar surface area (TPSA) is 90.3 Å². The Morgan fingerprint density at radius 1 is 1.00 bits per heavy atom. The molecule has 0 aromatic heterocycles. The van der Waals surface area contributed by atoms with Crippen LogP contribution in [0.4, 0.5) is 5.69 Å². The Morgan fingerprint density at radius 3 is 2.29 bits per heavy atom. The summed E-state index contributed by atoms with van der Waals surface area (Å²) in [6, 6.07) is 22.4. The summed E-state index contributed by atoms with van der Waals surface area (Å²) in [6.07, 6.45) is 1.69. The summed E-state index contributed by atoms with van der Waals surface area (Å²) in [5, 5.41) is 9.00. The van der Waals surface area contributed by atoms with Crippen LogP contribution in [0.15, 0.2) is 66.7 Å². The van der Waals surface area contributed by atoms with Crippen LogP contribution in [-0.2, 0) is 15.8 Å². The number of nitriles is 1. The molecule has 7 heteroatoms. The molecule has 3 aromatic rings. The summed E-state index contributed by atoms with van der Waals surface area (Å²) < 4.78 is 28.2. The Morgan fingerprint density at radius 2 is 1.66 bits per heavy atom. The zero-order valence-electron chi connectivity index (χ0n) is 20.0. The molecule has 6 nitrogen and oxygen atoms in total. The molecule has 1 N–H and O–H groups in total. The van der Waals surface area contributed by atoms with Gasteiger partial charge >= 0.3 is 0 Å². The van der Waals surface area contributed by atoms with E-state index in [2.05, 4.69) is 10.8 Å². The quantitative estimate of drug-likeness (QED) is 0.521. The fraction of sp³-hybridized carbons (Fsp3) is 0.286. The van der Waals surface area contributed by atoms with Crippen molar-refractivity contribution < 1.29 is 13.2 Å². The van der Waals surface area contributed by atoms with E-state index in [0.717, 1.165) is 24.0 Å². The lowest BCUT2D eigenvalue weighted by Crippen LogP contribution is -2.38. The molecule has 0 spiro atoms. The summed E-state index contributed by atoms with van der Waals surface area (Å²) >= 11 is 0. The molecule has 1 saturated heterocycles. The van der Waals surface area contributed by atoms with Gasteiger partial charge in [0.05, 0.1) is 23.1 Å². The minimum absolute atomic E-state index is 0.0794. The van der Waals surface area contributed by atoms with E-state index in [1.165, 1.54) is 5.56 Å². The zero-order valence-corrected chi connectivity index (χ0v) is 20.8. The average molecular weight is 488 g/mol. The van der Waals surface area contributed by atoms with Gasteiger partial charge in [-0.15, -0.1) is 0 Å². The summed E-state index contributed by atoms with van der Waals surface area (Å²) in [4.78, 5) is 15.2. The molecule has 1 aliphatic heterocycles. The van der Waals surface area contributed by atoms with Gasteiger partial charge in [0, 0.05) is 18.7 Å². The van der Waals surface area contributed by atoms with E-state index in [1.807, 2.05) is 67.3 Å². The first-order valence-corrected chi connectivity index (χ1v) is 13.4. The Labute approximate surface area is 207 Å². The number of nitrogens with zero attached hydrogens (tertiary/aromatic N) is 2. The Bertz CT molecular complexity index is 1350. The maximum Gasteiger partial charge on any atom is 0.254 e. The van der Waals surface area contributed by atoms with Crippen molar-refractivity contribution in [3.05, 3.63) is 100 Å². The highest BCUT2D eigenvalue weighted by atomic mass is 32.2. The molecular weight excluding hydrogens is 458 g/mol. The van der Waals surface area contributed by atoms with Crippen LogP contribution in [0.2, 0.25) is 0 Å². The first kappa shape index (κ1) is 24.5. The number of carbonyl (C=O) groups is 1. The second-order valence-electron chi connectivity index (χ2n) is 9.13. The molecule has 1 aliphatic rings. The molecule has 3 aromatic carbocycles. The summed E-state index contributed by atoms with van der Waals surface area (Å²) in [5.41, 5.74) is 5.09. The number of sulfonamides is 1. The third-order valence-electron chi connectivity index (χ3n) is 6.56. The van der Waals surface area contributed by atoms with E-state index < -0.39 is 10.0 Å². The molecule has 0 aliphatic carbocycles. The van der Waals surface area contributed by atoms with Gasteiger partial charge in [-0.25, -0.2) is 8.42 Å². The van der Waals surface area contributed by atoms with Crippen LogP contribution >= 0.6 is 0 Å². The second-order valence-corrected chi connectivity index (χ2v) is 10.9.